The molecule has 0 aliphatic carbocycles. The van der Waals surface area contributed by atoms with E-state index in [4.69, 9.17) is 9.16 Å². The van der Waals surface area contributed by atoms with Gasteiger partial charge in [0.1, 0.15) is 6.61 Å². The average Bonchev–Trinajstić information content (AvgIpc) is 2.75. The van der Waals surface area contributed by atoms with E-state index >= 15 is 0 Å². The Hall–Kier alpha value is -0.853. The zero-order chi connectivity index (χ0) is 17.8. The third-order valence-electron chi connectivity index (χ3n) is 4.82. The molecule has 3 atom stereocenters. The summed E-state index contributed by atoms with van der Waals surface area (Å²) in [4.78, 5) is 13.9. The largest absolute Gasteiger partial charge is 0.445 e. The van der Waals surface area contributed by atoms with E-state index in [-0.39, 0.29) is 29.9 Å². The fraction of sp³-hybridized carbons (Fsp3) is 0.824. The van der Waals surface area contributed by atoms with Crippen LogP contribution in [0, 0.1) is 0 Å². The summed E-state index contributed by atoms with van der Waals surface area (Å²) < 4.78 is 11.6. The van der Waals surface area contributed by atoms with Gasteiger partial charge in [0.2, 0.25) is 0 Å². The number of aliphatic hydroxyl groups excluding tert-OH is 1. The van der Waals surface area contributed by atoms with Crippen LogP contribution in [0.4, 0.5) is 4.79 Å². The molecular weight excluding hydrogens is 310 g/mol. The molecule has 0 aromatic rings. The lowest BCUT2D eigenvalue weighted by Gasteiger charge is -2.38. The van der Waals surface area contributed by atoms with Gasteiger partial charge in [-0.05, 0) is 37.9 Å². The Kier molecular flexibility index (Phi) is 6.86. The summed E-state index contributed by atoms with van der Waals surface area (Å²) in [5, 5.41) is 9.84. The fourth-order valence-electron chi connectivity index (χ4n) is 2.61. The van der Waals surface area contributed by atoms with Crippen molar-refractivity contribution >= 4 is 14.4 Å². The highest BCUT2D eigenvalue weighted by atomic mass is 28.4. The van der Waals surface area contributed by atoms with Gasteiger partial charge < -0.3 is 19.2 Å². The lowest BCUT2D eigenvalue weighted by Crippen LogP contribution is -2.44. The second-order valence-electron chi connectivity index (χ2n) is 7.99. The number of hydrogen-bond donors (Lipinski definition) is 1. The molecule has 0 aromatic heterocycles. The number of likely N-dealkylation sites (tertiary alicyclic amines) is 1. The predicted octanol–water partition coefficient (Wildman–Crippen LogP) is 3.54. The summed E-state index contributed by atoms with van der Waals surface area (Å²) in [6, 6.07) is -0.0397. The fourth-order valence-corrected chi connectivity index (χ4v) is 3.96. The van der Waals surface area contributed by atoms with E-state index in [1.807, 2.05) is 0 Å². The van der Waals surface area contributed by atoms with Gasteiger partial charge in [-0.15, -0.1) is 0 Å². The summed E-state index contributed by atoms with van der Waals surface area (Å²) in [5.74, 6) is 0. The maximum atomic E-state index is 12.2. The molecule has 1 rings (SSSR count). The molecule has 0 aromatic carbocycles. The van der Waals surface area contributed by atoms with Gasteiger partial charge in [0.15, 0.2) is 8.32 Å². The van der Waals surface area contributed by atoms with Crippen molar-refractivity contribution in [1.82, 2.24) is 4.90 Å². The highest BCUT2D eigenvalue weighted by molar-refractivity contribution is 6.74. The lowest BCUT2D eigenvalue weighted by atomic mass is 10.1. The first kappa shape index (κ1) is 20.2. The van der Waals surface area contributed by atoms with Crippen LogP contribution in [0.15, 0.2) is 12.7 Å². The minimum atomic E-state index is -1.89. The van der Waals surface area contributed by atoms with Gasteiger partial charge >= 0.3 is 6.09 Å². The molecule has 6 heteroatoms. The summed E-state index contributed by atoms with van der Waals surface area (Å²) in [6.07, 6.45) is 2.05. The quantitative estimate of drug-likeness (QED) is 0.592. The van der Waals surface area contributed by atoms with Crippen LogP contribution in [0.3, 0.4) is 0 Å². The molecule has 1 heterocycles. The predicted molar refractivity (Wildman–Crippen MR) is 95.0 cm³/mol. The molecule has 134 valence electrons. The number of hydrogen-bond acceptors (Lipinski definition) is 4. The van der Waals surface area contributed by atoms with E-state index in [9.17, 15) is 9.90 Å². The van der Waals surface area contributed by atoms with Crippen molar-refractivity contribution in [3.8, 4) is 0 Å². The molecule has 1 saturated heterocycles. The normalized spacial score (nSPS) is 23.7. The molecule has 1 aliphatic rings. The Morgan fingerprint density at radius 2 is 2.09 bits per heavy atom. The molecule has 0 saturated carbocycles. The maximum absolute atomic E-state index is 12.2. The van der Waals surface area contributed by atoms with Gasteiger partial charge in [0, 0.05) is 12.6 Å². The van der Waals surface area contributed by atoms with Crippen LogP contribution in [-0.2, 0) is 9.16 Å². The van der Waals surface area contributed by atoms with E-state index in [1.54, 1.807) is 17.9 Å². The highest BCUT2D eigenvalue weighted by Crippen LogP contribution is 2.39. The Morgan fingerprint density at radius 1 is 1.48 bits per heavy atom. The minimum absolute atomic E-state index is 0.0101. The van der Waals surface area contributed by atoms with Crippen LogP contribution in [0.2, 0.25) is 18.1 Å². The zero-order valence-corrected chi connectivity index (χ0v) is 16.5. The second kappa shape index (κ2) is 7.81. The summed E-state index contributed by atoms with van der Waals surface area (Å²) in [5.41, 5.74) is 0. The summed E-state index contributed by atoms with van der Waals surface area (Å²) >= 11 is 0. The van der Waals surface area contributed by atoms with E-state index in [0.29, 0.717) is 13.0 Å². The highest BCUT2D eigenvalue weighted by Gasteiger charge is 2.44. The van der Waals surface area contributed by atoms with Gasteiger partial charge in [-0.1, -0.05) is 33.4 Å². The molecule has 0 spiro atoms. The van der Waals surface area contributed by atoms with Crippen LogP contribution >= 0.6 is 0 Å². The molecule has 0 radical (unpaired) electrons. The van der Waals surface area contributed by atoms with E-state index < -0.39 is 14.4 Å². The first-order valence-corrected chi connectivity index (χ1v) is 11.3. The minimum Gasteiger partial charge on any atom is -0.445 e. The van der Waals surface area contributed by atoms with Crippen molar-refractivity contribution in [3.63, 3.8) is 0 Å². The molecule has 5 nitrogen and oxygen atoms in total. The number of amides is 1. The monoisotopic (exact) mass is 343 g/mol. The van der Waals surface area contributed by atoms with Gasteiger partial charge in [0.25, 0.3) is 0 Å². The van der Waals surface area contributed by atoms with Crippen molar-refractivity contribution in [2.24, 2.45) is 0 Å². The summed E-state index contributed by atoms with van der Waals surface area (Å²) in [6.45, 7) is 17.1. The maximum Gasteiger partial charge on any atom is 0.410 e. The number of carbonyl (C=O) groups excluding carboxylic acids is 1. The van der Waals surface area contributed by atoms with Gasteiger partial charge in [0.05, 0.1) is 12.2 Å². The SMILES string of the molecule is C=CCOC(=O)N1CC(O[Si](C)(C)C(C)(C)C)CC1C[C@@H](C)O. The molecule has 1 fully saturated rings. The topological polar surface area (TPSA) is 59.0 Å². The van der Waals surface area contributed by atoms with Crippen molar-refractivity contribution in [2.45, 2.75) is 76.9 Å². The average molecular weight is 344 g/mol. The second-order valence-corrected chi connectivity index (χ2v) is 12.7. The number of nitrogens with zero attached hydrogens (tertiary/aromatic N) is 1. The third kappa shape index (κ3) is 5.62. The van der Waals surface area contributed by atoms with E-state index in [2.05, 4.69) is 40.4 Å². The molecule has 1 aliphatic heterocycles. The molecule has 2 unspecified atom stereocenters. The Bertz CT molecular complexity index is 417. The van der Waals surface area contributed by atoms with Gasteiger partial charge in [-0.2, -0.15) is 0 Å². The Morgan fingerprint density at radius 3 is 2.57 bits per heavy atom. The summed E-state index contributed by atoms with van der Waals surface area (Å²) in [7, 11) is -1.89. The molecule has 0 bridgehead atoms. The molecule has 23 heavy (non-hydrogen) atoms. The Labute approximate surface area is 141 Å². The Balaban J connectivity index is 2.79. The molecule has 1 N–H and O–H groups in total. The van der Waals surface area contributed by atoms with E-state index in [1.165, 1.54) is 0 Å². The molecule has 1 amide bonds. The number of carbonyl (C=O) groups is 1. The number of rotatable bonds is 6. The molecular formula is C17H33NO4Si. The van der Waals surface area contributed by atoms with Crippen LogP contribution in [0.25, 0.3) is 0 Å². The van der Waals surface area contributed by atoms with E-state index in [0.717, 1.165) is 6.42 Å². The van der Waals surface area contributed by atoms with Crippen LogP contribution in [0.1, 0.15) is 40.5 Å². The van der Waals surface area contributed by atoms with Crippen molar-refractivity contribution in [1.29, 1.82) is 0 Å². The zero-order valence-electron chi connectivity index (χ0n) is 15.5. The van der Waals surface area contributed by atoms with Crippen LogP contribution < -0.4 is 0 Å². The number of ether oxygens (including phenoxy) is 1. The smallest absolute Gasteiger partial charge is 0.410 e. The van der Waals surface area contributed by atoms with Crippen molar-refractivity contribution in [2.75, 3.05) is 13.2 Å². The standard InChI is InChI=1S/C17H33NO4Si/c1-8-9-21-16(20)18-12-15(11-14(18)10-13(2)19)22-23(6,7)17(3,4)5/h8,13-15,19H,1,9-12H2,2-7H3/t13-,14?,15?/m1/s1. The van der Waals surface area contributed by atoms with Gasteiger partial charge in [-0.3, -0.25) is 0 Å². The van der Waals surface area contributed by atoms with Crippen molar-refractivity contribution in [3.05, 3.63) is 12.7 Å². The third-order valence-corrected chi connectivity index (χ3v) is 9.35. The number of aliphatic hydroxyl groups is 1. The lowest BCUT2D eigenvalue weighted by molar-refractivity contribution is 0.0896. The van der Waals surface area contributed by atoms with Crippen LogP contribution in [0.5, 0.6) is 0 Å². The first-order chi connectivity index (χ1) is 10.5. The van der Waals surface area contributed by atoms with Crippen molar-refractivity contribution < 1.29 is 19.1 Å². The van der Waals surface area contributed by atoms with Gasteiger partial charge in [-0.25, -0.2) is 4.79 Å². The van der Waals surface area contributed by atoms with Crippen LogP contribution in [-0.4, -0.2) is 55.8 Å². The first-order valence-electron chi connectivity index (χ1n) is 8.38.